The molecule has 1 atom stereocenters. The van der Waals surface area contributed by atoms with Gasteiger partial charge in [-0.05, 0) is 88.4 Å². The fourth-order valence-electron chi connectivity index (χ4n) is 4.74. The van der Waals surface area contributed by atoms with Gasteiger partial charge in [0.2, 0.25) is 5.91 Å². The Balaban J connectivity index is 1.44. The summed E-state index contributed by atoms with van der Waals surface area (Å²) in [6.07, 6.45) is 4.31. The molecule has 2 aromatic rings. The van der Waals surface area contributed by atoms with Crippen LogP contribution in [0.2, 0.25) is 0 Å². The van der Waals surface area contributed by atoms with Gasteiger partial charge in [-0.3, -0.25) is 15.0 Å². The fourth-order valence-corrected chi connectivity index (χ4v) is 4.74. The number of benzene rings is 2. The highest BCUT2D eigenvalue weighted by atomic mass is 16.5. The summed E-state index contributed by atoms with van der Waals surface area (Å²) in [5, 5.41) is 7.43. The van der Waals surface area contributed by atoms with Crippen LogP contribution >= 0.6 is 0 Å². The van der Waals surface area contributed by atoms with Crippen molar-refractivity contribution >= 4 is 17.6 Å². The second kappa shape index (κ2) is 15.0. The summed E-state index contributed by atoms with van der Waals surface area (Å²) >= 11 is 0. The van der Waals surface area contributed by atoms with Gasteiger partial charge in [-0.1, -0.05) is 0 Å². The van der Waals surface area contributed by atoms with Gasteiger partial charge in [0, 0.05) is 37.3 Å². The molecule has 39 heavy (non-hydrogen) atoms. The largest absolute Gasteiger partial charge is 0.494 e. The monoisotopic (exact) mass is 538 g/mol. The standard InChI is InChI=1S/C30H42N4O5/c1-4-33(5-2)30(36)24-10-9-17-34(21-24)29(35)23-13-16-26(27(20-23)37-3)39-19-8-6-7-18-38-25-14-11-22(12-15-25)28(31)32/h11-16,20,24H,4-10,17-19,21H2,1-3H3,(H3,31,32). The van der Waals surface area contributed by atoms with E-state index in [9.17, 15) is 9.59 Å². The van der Waals surface area contributed by atoms with Gasteiger partial charge < -0.3 is 29.7 Å². The third-order valence-corrected chi connectivity index (χ3v) is 7.02. The number of nitrogens with two attached hydrogens (primary N) is 1. The number of amides is 2. The summed E-state index contributed by atoms with van der Waals surface area (Å²) in [5.41, 5.74) is 6.67. The third kappa shape index (κ3) is 8.37. The molecule has 1 unspecified atom stereocenters. The highest BCUT2D eigenvalue weighted by Gasteiger charge is 2.31. The quantitative estimate of drug-likeness (QED) is 0.210. The lowest BCUT2D eigenvalue weighted by atomic mass is 9.95. The zero-order chi connectivity index (χ0) is 28.2. The number of carbonyl (C=O) groups excluding carboxylic acids is 2. The Morgan fingerprint density at radius 1 is 0.974 bits per heavy atom. The van der Waals surface area contributed by atoms with E-state index in [-0.39, 0.29) is 23.6 Å². The molecule has 9 nitrogen and oxygen atoms in total. The second-order valence-corrected chi connectivity index (χ2v) is 9.66. The van der Waals surface area contributed by atoms with Gasteiger partial charge in [0.1, 0.15) is 11.6 Å². The summed E-state index contributed by atoms with van der Waals surface area (Å²) in [6.45, 7) is 7.55. The minimum Gasteiger partial charge on any atom is -0.494 e. The van der Waals surface area contributed by atoms with E-state index in [0.29, 0.717) is 62.0 Å². The van der Waals surface area contributed by atoms with Crippen molar-refractivity contribution in [1.29, 1.82) is 5.41 Å². The van der Waals surface area contributed by atoms with Crippen LogP contribution in [0.15, 0.2) is 42.5 Å². The Bertz CT molecular complexity index is 1100. The zero-order valence-electron chi connectivity index (χ0n) is 23.4. The average molecular weight is 539 g/mol. The van der Waals surface area contributed by atoms with Crippen molar-refractivity contribution < 1.29 is 23.8 Å². The summed E-state index contributed by atoms with van der Waals surface area (Å²) in [4.78, 5) is 29.7. The lowest BCUT2D eigenvalue weighted by Crippen LogP contribution is -2.46. The number of unbranched alkanes of at least 4 members (excludes halogenated alkanes) is 2. The number of hydrogen-bond donors (Lipinski definition) is 2. The molecule has 0 saturated carbocycles. The summed E-state index contributed by atoms with van der Waals surface area (Å²) < 4.78 is 17.2. The number of nitrogen functional groups attached to an aromatic ring is 1. The number of rotatable bonds is 14. The minimum atomic E-state index is -0.148. The van der Waals surface area contributed by atoms with Crippen molar-refractivity contribution in [2.24, 2.45) is 11.7 Å². The molecule has 0 aromatic heterocycles. The first-order chi connectivity index (χ1) is 18.9. The Morgan fingerprint density at radius 2 is 1.64 bits per heavy atom. The van der Waals surface area contributed by atoms with Crippen LogP contribution in [0.4, 0.5) is 0 Å². The molecule has 1 saturated heterocycles. The van der Waals surface area contributed by atoms with Crippen molar-refractivity contribution in [2.75, 3.05) is 46.5 Å². The number of nitrogens with one attached hydrogen (secondary N) is 1. The van der Waals surface area contributed by atoms with Crippen LogP contribution in [-0.4, -0.2) is 74.0 Å². The van der Waals surface area contributed by atoms with Crippen molar-refractivity contribution in [3.8, 4) is 17.2 Å². The number of carbonyl (C=O) groups is 2. The molecule has 1 fully saturated rings. The fraction of sp³-hybridized carbons (Fsp3) is 0.500. The first kappa shape index (κ1) is 29.8. The van der Waals surface area contributed by atoms with Crippen LogP contribution in [0.1, 0.15) is 61.9 Å². The second-order valence-electron chi connectivity index (χ2n) is 9.66. The van der Waals surface area contributed by atoms with E-state index >= 15 is 0 Å². The van der Waals surface area contributed by atoms with Gasteiger partial charge in [0.25, 0.3) is 5.91 Å². The smallest absolute Gasteiger partial charge is 0.254 e. The van der Waals surface area contributed by atoms with Gasteiger partial charge in [0.15, 0.2) is 11.5 Å². The van der Waals surface area contributed by atoms with Crippen LogP contribution in [0.25, 0.3) is 0 Å². The van der Waals surface area contributed by atoms with Crippen LogP contribution in [0.3, 0.4) is 0 Å². The van der Waals surface area contributed by atoms with Crippen LogP contribution in [0.5, 0.6) is 17.2 Å². The van der Waals surface area contributed by atoms with E-state index in [1.165, 1.54) is 0 Å². The van der Waals surface area contributed by atoms with Gasteiger partial charge in [0.05, 0.1) is 26.2 Å². The van der Waals surface area contributed by atoms with Crippen LogP contribution in [-0.2, 0) is 4.79 Å². The van der Waals surface area contributed by atoms with Gasteiger partial charge in [-0.15, -0.1) is 0 Å². The normalized spacial score (nSPS) is 14.9. The average Bonchev–Trinajstić information content (AvgIpc) is 2.97. The maximum atomic E-state index is 13.2. The molecule has 2 aromatic carbocycles. The molecule has 0 aliphatic carbocycles. The van der Waals surface area contributed by atoms with Gasteiger partial charge in [-0.25, -0.2) is 0 Å². The Kier molecular flexibility index (Phi) is 11.5. The highest BCUT2D eigenvalue weighted by molar-refractivity contribution is 5.95. The molecule has 3 N–H and O–H groups in total. The zero-order valence-corrected chi connectivity index (χ0v) is 23.4. The summed E-state index contributed by atoms with van der Waals surface area (Å²) in [6, 6.07) is 12.4. The molecular formula is C30H42N4O5. The molecule has 1 aliphatic heterocycles. The molecule has 0 radical (unpaired) electrons. The number of hydrogen-bond acceptors (Lipinski definition) is 6. The maximum absolute atomic E-state index is 13.2. The maximum Gasteiger partial charge on any atom is 0.254 e. The lowest BCUT2D eigenvalue weighted by molar-refractivity contribution is -0.136. The van der Waals surface area contributed by atoms with E-state index in [0.717, 1.165) is 37.9 Å². The predicted molar refractivity (Wildman–Crippen MR) is 152 cm³/mol. The van der Waals surface area contributed by atoms with E-state index in [4.69, 9.17) is 25.4 Å². The van der Waals surface area contributed by atoms with Crippen molar-refractivity contribution in [2.45, 2.75) is 46.0 Å². The first-order valence-corrected chi connectivity index (χ1v) is 13.8. The molecule has 9 heteroatoms. The van der Waals surface area contributed by atoms with Gasteiger partial charge in [-0.2, -0.15) is 0 Å². The number of nitrogens with zero attached hydrogens (tertiary/aromatic N) is 2. The van der Waals surface area contributed by atoms with E-state index in [1.54, 1.807) is 42.3 Å². The van der Waals surface area contributed by atoms with Crippen molar-refractivity contribution in [3.05, 3.63) is 53.6 Å². The Labute approximate surface area is 231 Å². The number of ether oxygens (including phenoxy) is 3. The van der Waals surface area contributed by atoms with E-state index in [2.05, 4.69) is 0 Å². The first-order valence-electron chi connectivity index (χ1n) is 13.8. The lowest BCUT2D eigenvalue weighted by Gasteiger charge is -2.34. The molecule has 2 amide bonds. The van der Waals surface area contributed by atoms with Gasteiger partial charge >= 0.3 is 0 Å². The SMILES string of the molecule is CCN(CC)C(=O)C1CCCN(C(=O)c2ccc(OCCCCCOc3ccc(C(=N)N)cc3)c(OC)c2)C1. The number of piperidine rings is 1. The minimum absolute atomic E-state index is 0.0404. The third-order valence-electron chi connectivity index (χ3n) is 7.02. The Morgan fingerprint density at radius 3 is 2.28 bits per heavy atom. The summed E-state index contributed by atoms with van der Waals surface area (Å²) in [7, 11) is 1.57. The highest BCUT2D eigenvalue weighted by Crippen LogP contribution is 2.30. The molecule has 212 valence electrons. The van der Waals surface area contributed by atoms with E-state index in [1.807, 2.05) is 30.9 Å². The molecule has 1 heterocycles. The number of methoxy groups -OCH3 is 1. The predicted octanol–water partition coefficient (Wildman–Crippen LogP) is 4.33. The Hall–Kier alpha value is -3.75. The molecule has 3 rings (SSSR count). The molecule has 1 aliphatic rings. The van der Waals surface area contributed by atoms with E-state index < -0.39 is 0 Å². The number of amidine groups is 1. The number of likely N-dealkylation sites (tertiary alicyclic amines) is 1. The topological polar surface area (TPSA) is 118 Å². The van der Waals surface area contributed by atoms with Crippen LogP contribution in [0, 0.1) is 11.3 Å². The molecule has 0 bridgehead atoms. The van der Waals surface area contributed by atoms with Crippen LogP contribution < -0.4 is 19.9 Å². The summed E-state index contributed by atoms with van der Waals surface area (Å²) in [5.74, 6) is 1.81. The molecular weight excluding hydrogens is 496 g/mol. The van der Waals surface area contributed by atoms with Crippen molar-refractivity contribution in [3.63, 3.8) is 0 Å². The van der Waals surface area contributed by atoms with Crippen molar-refractivity contribution in [1.82, 2.24) is 9.80 Å². The molecule has 0 spiro atoms.